The summed E-state index contributed by atoms with van der Waals surface area (Å²) in [6.45, 7) is 6.21. The maximum atomic E-state index is 5.50. The molecule has 0 saturated carbocycles. The predicted octanol–water partition coefficient (Wildman–Crippen LogP) is 2.85. The normalized spacial score (nSPS) is 17.8. The SMILES string of the molecule is CC1=C[CH]C(OC(C)C)=CC1. The van der Waals surface area contributed by atoms with Crippen LogP contribution in [0.15, 0.2) is 23.5 Å². The summed E-state index contributed by atoms with van der Waals surface area (Å²) in [5.74, 6) is 1.01. The predicted molar refractivity (Wildman–Crippen MR) is 47.0 cm³/mol. The van der Waals surface area contributed by atoms with Crippen LogP contribution in [0.3, 0.4) is 0 Å². The van der Waals surface area contributed by atoms with Crippen molar-refractivity contribution in [3.05, 3.63) is 29.9 Å². The van der Waals surface area contributed by atoms with Crippen molar-refractivity contribution in [3.63, 3.8) is 0 Å². The molecule has 0 fully saturated rings. The quantitative estimate of drug-likeness (QED) is 0.589. The third-order valence-corrected chi connectivity index (χ3v) is 1.53. The molecule has 0 heterocycles. The molecule has 61 valence electrons. The molecule has 1 nitrogen and oxygen atoms in total. The topological polar surface area (TPSA) is 9.23 Å². The molecular weight excluding hydrogens is 136 g/mol. The van der Waals surface area contributed by atoms with Gasteiger partial charge in [0.05, 0.1) is 6.10 Å². The van der Waals surface area contributed by atoms with Gasteiger partial charge in [-0.3, -0.25) is 0 Å². The second-order valence-electron chi connectivity index (χ2n) is 3.16. The van der Waals surface area contributed by atoms with Crippen molar-refractivity contribution < 1.29 is 4.74 Å². The Hall–Kier alpha value is -0.720. The second-order valence-corrected chi connectivity index (χ2v) is 3.16. The van der Waals surface area contributed by atoms with Crippen LogP contribution in [0, 0.1) is 6.42 Å². The van der Waals surface area contributed by atoms with Crippen LogP contribution >= 0.6 is 0 Å². The van der Waals surface area contributed by atoms with Crippen LogP contribution in [-0.2, 0) is 4.74 Å². The minimum absolute atomic E-state index is 0.282. The number of ether oxygens (including phenoxy) is 1. The van der Waals surface area contributed by atoms with Gasteiger partial charge in [0.1, 0.15) is 5.76 Å². The van der Waals surface area contributed by atoms with E-state index in [0.29, 0.717) is 0 Å². The van der Waals surface area contributed by atoms with E-state index < -0.39 is 0 Å². The smallest absolute Gasteiger partial charge is 0.101 e. The first kappa shape index (κ1) is 8.38. The van der Waals surface area contributed by atoms with Crippen LogP contribution in [0.5, 0.6) is 0 Å². The lowest BCUT2D eigenvalue weighted by atomic mass is 10.1. The Kier molecular flexibility index (Phi) is 2.75. The Bertz CT molecular complexity index is 187. The molecule has 0 atom stereocenters. The summed E-state index contributed by atoms with van der Waals surface area (Å²) < 4.78 is 5.50. The molecule has 0 aromatic heterocycles. The number of allylic oxidation sites excluding steroid dienone is 3. The van der Waals surface area contributed by atoms with Crippen LogP contribution in [0.1, 0.15) is 27.2 Å². The Morgan fingerprint density at radius 1 is 1.45 bits per heavy atom. The molecular formula is C10H15O. The summed E-state index contributed by atoms with van der Waals surface area (Å²) in [5, 5.41) is 0. The van der Waals surface area contributed by atoms with Gasteiger partial charge < -0.3 is 4.74 Å². The van der Waals surface area contributed by atoms with Crippen molar-refractivity contribution in [2.45, 2.75) is 33.3 Å². The minimum atomic E-state index is 0.282. The molecule has 0 aromatic carbocycles. The first-order valence-electron chi connectivity index (χ1n) is 4.06. The molecule has 1 aliphatic rings. The molecule has 0 bridgehead atoms. The van der Waals surface area contributed by atoms with E-state index in [0.717, 1.165) is 12.2 Å². The van der Waals surface area contributed by atoms with Crippen molar-refractivity contribution in [2.75, 3.05) is 0 Å². The van der Waals surface area contributed by atoms with Crippen molar-refractivity contribution in [1.29, 1.82) is 0 Å². The highest BCUT2D eigenvalue weighted by molar-refractivity contribution is 5.26. The Morgan fingerprint density at radius 3 is 2.64 bits per heavy atom. The summed E-state index contributed by atoms with van der Waals surface area (Å²) in [5.41, 5.74) is 1.39. The minimum Gasteiger partial charge on any atom is -0.495 e. The molecule has 1 radical (unpaired) electrons. The second kappa shape index (κ2) is 3.61. The third-order valence-electron chi connectivity index (χ3n) is 1.53. The van der Waals surface area contributed by atoms with Crippen LogP contribution in [0.4, 0.5) is 0 Å². The van der Waals surface area contributed by atoms with Crippen molar-refractivity contribution in [2.24, 2.45) is 0 Å². The zero-order chi connectivity index (χ0) is 8.27. The standard InChI is InChI=1S/C10H15O/c1-8(2)11-10-6-4-9(3)5-7-10/h4,6-8H,5H2,1-3H3. The molecule has 0 unspecified atom stereocenters. The molecule has 0 N–H and O–H groups in total. The van der Waals surface area contributed by atoms with E-state index in [1.165, 1.54) is 5.57 Å². The zero-order valence-corrected chi connectivity index (χ0v) is 7.42. The molecule has 0 aliphatic heterocycles. The third kappa shape index (κ3) is 2.79. The highest BCUT2D eigenvalue weighted by atomic mass is 16.5. The van der Waals surface area contributed by atoms with E-state index in [1.807, 2.05) is 20.3 Å². The van der Waals surface area contributed by atoms with Gasteiger partial charge in [0.15, 0.2) is 0 Å². The van der Waals surface area contributed by atoms with Gasteiger partial charge in [-0.2, -0.15) is 0 Å². The highest BCUT2D eigenvalue weighted by Crippen LogP contribution is 2.17. The van der Waals surface area contributed by atoms with Crippen LogP contribution in [0.2, 0.25) is 0 Å². The monoisotopic (exact) mass is 151 g/mol. The van der Waals surface area contributed by atoms with Gasteiger partial charge in [-0.1, -0.05) is 11.6 Å². The van der Waals surface area contributed by atoms with E-state index in [2.05, 4.69) is 19.1 Å². The fourth-order valence-electron chi connectivity index (χ4n) is 0.982. The molecule has 0 saturated heterocycles. The zero-order valence-electron chi connectivity index (χ0n) is 7.42. The first-order valence-corrected chi connectivity index (χ1v) is 4.06. The Morgan fingerprint density at radius 2 is 2.18 bits per heavy atom. The number of hydrogen-bond donors (Lipinski definition) is 0. The van der Waals surface area contributed by atoms with Crippen molar-refractivity contribution in [3.8, 4) is 0 Å². The average molecular weight is 151 g/mol. The van der Waals surface area contributed by atoms with Crippen molar-refractivity contribution >= 4 is 0 Å². The Balaban J connectivity index is 2.39. The molecule has 11 heavy (non-hydrogen) atoms. The first-order chi connectivity index (χ1) is 5.18. The average Bonchev–Trinajstić information content (AvgIpc) is 1.93. The van der Waals surface area contributed by atoms with E-state index in [-0.39, 0.29) is 6.10 Å². The lowest BCUT2D eigenvalue weighted by Crippen LogP contribution is -2.04. The number of rotatable bonds is 2. The van der Waals surface area contributed by atoms with Crippen LogP contribution in [-0.4, -0.2) is 6.10 Å². The summed E-state index contributed by atoms with van der Waals surface area (Å²) >= 11 is 0. The van der Waals surface area contributed by atoms with Gasteiger partial charge in [-0.15, -0.1) is 0 Å². The lowest BCUT2D eigenvalue weighted by Gasteiger charge is -2.15. The van der Waals surface area contributed by atoms with Gasteiger partial charge in [0.25, 0.3) is 0 Å². The Labute approximate surface area is 68.8 Å². The number of hydrogen-bond acceptors (Lipinski definition) is 1. The van der Waals surface area contributed by atoms with Gasteiger partial charge in [-0.25, -0.2) is 0 Å². The molecule has 0 amide bonds. The highest BCUT2D eigenvalue weighted by Gasteiger charge is 2.04. The maximum Gasteiger partial charge on any atom is 0.101 e. The summed E-state index contributed by atoms with van der Waals surface area (Å²) in [7, 11) is 0. The molecule has 0 aromatic rings. The van der Waals surface area contributed by atoms with Gasteiger partial charge in [0.2, 0.25) is 0 Å². The van der Waals surface area contributed by atoms with Crippen LogP contribution in [0.25, 0.3) is 0 Å². The van der Waals surface area contributed by atoms with E-state index in [9.17, 15) is 0 Å². The molecule has 0 spiro atoms. The summed E-state index contributed by atoms with van der Waals surface area (Å²) in [4.78, 5) is 0. The molecule has 1 heteroatoms. The van der Waals surface area contributed by atoms with Crippen LogP contribution < -0.4 is 0 Å². The van der Waals surface area contributed by atoms with Gasteiger partial charge >= 0.3 is 0 Å². The summed E-state index contributed by atoms with van der Waals surface area (Å²) in [6, 6.07) is 0. The largest absolute Gasteiger partial charge is 0.495 e. The summed E-state index contributed by atoms with van der Waals surface area (Å²) in [6.07, 6.45) is 7.56. The van der Waals surface area contributed by atoms with E-state index in [1.54, 1.807) is 0 Å². The van der Waals surface area contributed by atoms with E-state index >= 15 is 0 Å². The van der Waals surface area contributed by atoms with E-state index in [4.69, 9.17) is 4.74 Å². The van der Waals surface area contributed by atoms with Crippen molar-refractivity contribution in [1.82, 2.24) is 0 Å². The fraction of sp³-hybridized carbons (Fsp3) is 0.500. The lowest BCUT2D eigenvalue weighted by molar-refractivity contribution is 0.153. The molecule has 1 rings (SSSR count). The van der Waals surface area contributed by atoms with Gasteiger partial charge in [0, 0.05) is 6.42 Å². The maximum absolute atomic E-state index is 5.50. The van der Waals surface area contributed by atoms with Gasteiger partial charge in [-0.05, 0) is 33.3 Å². The fourth-order valence-corrected chi connectivity index (χ4v) is 0.982. The molecule has 1 aliphatic carbocycles.